The Bertz CT molecular complexity index is 1100. The van der Waals surface area contributed by atoms with Crippen LogP contribution in [0.25, 0.3) is 0 Å². The van der Waals surface area contributed by atoms with E-state index in [-0.39, 0.29) is 36.8 Å². The van der Waals surface area contributed by atoms with Crippen molar-refractivity contribution in [3.8, 4) is 0 Å². The van der Waals surface area contributed by atoms with Gasteiger partial charge in [0.2, 0.25) is 0 Å². The zero-order chi connectivity index (χ0) is 23.9. The second-order valence-corrected chi connectivity index (χ2v) is 8.72. The first-order valence-electron chi connectivity index (χ1n) is 9.16. The fourth-order valence-corrected chi connectivity index (χ4v) is 4.25. The molecule has 0 N–H and O–H groups in total. The second-order valence-electron chi connectivity index (χ2n) is 7.21. The van der Waals surface area contributed by atoms with Crippen molar-refractivity contribution in [2.75, 3.05) is 6.61 Å². The summed E-state index contributed by atoms with van der Waals surface area (Å²) in [6, 6.07) is 3.29. The number of carbonyl (C=O) groups is 4. The second kappa shape index (κ2) is 9.35. The van der Waals surface area contributed by atoms with E-state index in [1.165, 1.54) is 12.1 Å². The third kappa shape index (κ3) is 4.22. The number of benzene rings is 2. The van der Waals surface area contributed by atoms with Gasteiger partial charge < -0.3 is 4.74 Å². The molecule has 32 heavy (non-hydrogen) atoms. The number of carbonyl (C=O) groups excluding carboxylic acids is 4. The molecule has 0 bridgehead atoms. The fourth-order valence-electron chi connectivity index (χ4n) is 3.24. The summed E-state index contributed by atoms with van der Waals surface area (Å²) in [5.74, 6) is -4.48. The van der Waals surface area contributed by atoms with E-state index in [0.29, 0.717) is 4.90 Å². The van der Waals surface area contributed by atoms with Crippen molar-refractivity contribution in [2.45, 2.75) is 19.9 Å². The number of ether oxygens (including phenoxy) is 1. The Morgan fingerprint density at radius 3 is 1.81 bits per heavy atom. The first kappa shape index (κ1) is 24.5. The van der Waals surface area contributed by atoms with Crippen molar-refractivity contribution < 1.29 is 28.3 Å². The van der Waals surface area contributed by atoms with E-state index in [9.17, 15) is 23.6 Å². The van der Waals surface area contributed by atoms with Crippen molar-refractivity contribution >= 4 is 70.0 Å². The van der Waals surface area contributed by atoms with E-state index < -0.39 is 48.0 Å². The van der Waals surface area contributed by atoms with Crippen LogP contribution in [0.3, 0.4) is 0 Å². The van der Waals surface area contributed by atoms with Crippen molar-refractivity contribution in [1.82, 2.24) is 4.90 Å². The van der Waals surface area contributed by atoms with Crippen LogP contribution in [0, 0.1) is 11.7 Å². The normalized spacial score (nSPS) is 14.1. The lowest BCUT2D eigenvalue weighted by Crippen LogP contribution is -2.49. The molecule has 0 radical (unpaired) electrons. The number of fused-ring (bicyclic) bond motifs is 1. The van der Waals surface area contributed by atoms with Gasteiger partial charge in [-0.15, -0.1) is 0 Å². The summed E-state index contributed by atoms with van der Waals surface area (Å²) in [6.07, 6.45) is 0. The molecule has 1 heterocycles. The van der Waals surface area contributed by atoms with E-state index in [0.717, 1.165) is 12.1 Å². The molecule has 0 unspecified atom stereocenters. The number of esters is 1. The zero-order valence-corrected chi connectivity index (χ0v) is 19.6. The van der Waals surface area contributed by atoms with Gasteiger partial charge in [-0.1, -0.05) is 60.3 Å². The van der Waals surface area contributed by atoms with Gasteiger partial charge in [0, 0.05) is 5.56 Å². The van der Waals surface area contributed by atoms with Crippen molar-refractivity contribution in [3.05, 3.63) is 66.9 Å². The number of hydrogen-bond donors (Lipinski definition) is 0. The van der Waals surface area contributed by atoms with Crippen LogP contribution in [-0.4, -0.2) is 41.1 Å². The number of Topliss-reactive ketones (excluding diaryl/α,β-unsaturated/α-hetero) is 1. The molecular weight excluding hydrogens is 507 g/mol. The first-order valence-corrected chi connectivity index (χ1v) is 10.7. The minimum absolute atomic E-state index is 0.129. The minimum atomic E-state index is -1.38. The standard InChI is InChI=1S/C21H14Cl4FNO5/c1-8(2)18(21(31)32-7-11(28)9-3-5-10(26)6-4-9)27-19(29)12-13(20(27)30)15(23)17(25)16(24)14(12)22/h3-6,8,18H,7H2,1-2H3/t18-/m1/s1. The minimum Gasteiger partial charge on any atom is -0.456 e. The molecule has 0 saturated carbocycles. The lowest BCUT2D eigenvalue weighted by Gasteiger charge is -2.27. The predicted molar refractivity (Wildman–Crippen MR) is 117 cm³/mol. The third-order valence-corrected chi connectivity index (χ3v) is 6.60. The molecule has 2 aromatic carbocycles. The lowest BCUT2D eigenvalue weighted by molar-refractivity contribution is -0.148. The quantitative estimate of drug-likeness (QED) is 0.165. The molecule has 1 atom stereocenters. The molecule has 2 aromatic rings. The van der Waals surface area contributed by atoms with Crippen LogP contribution in [0.2, 0.25) is 20.1 Å². The molecule has 1 aliphatic heterocycles. The zero-order valence-electron chi connectivity index (χ0n) is 16.5. The van der Waals surface area contributed by atoms with Crippen LogP contribution >= 0.6 is 46.4 Å². The van der Waals surface area contributed by atoms with Crippen LogP contribution < -0.4 is 0 Å². The summed E-state index contributed by atoms with van der Waals surface area (Å²) in [5, 5.41) is -0.930. The monoisotopic (exact) mass is 519 g/mol. The number of imide groups is 1. The number of hydrogen-bond acceptors (Lipinski definition) is 5. The molecule has 168 valence electrons. The van der Waals surface area contributed by atoms with Crippen molar-refractivity contribution in [3.63, 3.8) is 0 Å². The number of halogens is 5. The Morgan fingerprint density at radius 1 is 0.906 bits per heavy atom. The maximum absolute atomic E-state index is 13.0. The summed E-state index contributed by atoms with van der Waals surface area (Å²) >= 11 is 24.3. The van der Waals surface area contributed by atoms with Gasteiger partial charge in [0.1, 0.15) is 11.9 Å². The third-order valence-electron chi connectivity index (χ3n) is 4.80. The van der Waals surface area contributed by atoms with Gasteiger partial charge in [0.15, 0.2) is 12.4 Å². The fraction of sp³-hybridized carbons (Fsp3) is 0.238. The van der Waals surface area contributed by atoms with Crippen LogP contribution in [0.15, 0.2) is 24.3 Å². The first-order chi connectivity index (χ1) is 15.0. The van der Waals surface area contributed by atoms with Crippen LogP contribution in [-0.2, 0) is 9.53 Å². The average molecular weight is 521 g/mol. The van der Waals surface area contributed by atoms with Gasteiger partial charge in [0.05, 0.1) is 31.2 Å². The molecule has 0 aromatic heterocycles. The lowest BCUT2D eigenvalue weighted by atomic mass is 10.0. The highest BCUT2D eigenvalue weighted by Gasteiger charge is 2.48. The Morgan fingerprint density at radius 2 is 1.38 bits per heavy atom. The van der Waals surface area contributed by atoms with Crippen LogP contribution in [0.4, 0.5) is 4.39 Å². The van der Waals surface area contributed by atoms with E-state index in [1.54, 1.807) is 13.8 Å². The molecule has 3 rings (SSSR count). The van der Waals surface area contributed by atoms with E-state index in [1.807, 2.05) is 0 Å². The maximum atomic E-state index is 13.0. The SMILES string of the molecule is CC(C)[C@H](C(=O)OCC(=O)c1ccc(F)cc1)N1C(=O)c2c(Cl)c(Cl)c(Cl)c(Cl)c2C1=O. The molecule has 11 heteroatoms. The highest BCUT2D eigenvalue weighted by atomic mass is 35.5. The molecule has 0 fully saturated rings. The highest BCUT2D eigenvalue weighted by Crippen LogP contribution is 2.45. The van der Waals surface area contributed by atoms with E-state index >= 15 is 0 Å². The smallest absolute Gasteiger partial charge is 0.330 e. The summed E-state index contributed by atoms with van der Waals surface area (Å²) in [5.41, 5.74) is -0.405. The maximum Gasteiger partial charge on any atom is 0.330 e. The van der Waals surface area contributed by atoms with Gasteiger partial charge in [-0.25, -0.2) is 9.18 Å². The largest absolute Gasteiger partial charge is 0.456 e. The molecular formula is C21H14Cl4FNO5. The number of rotatable bonds is 6. The van der Waals surface area contributed by atoms with Gasteiger partial charge in [0.25, 0.3) is 11.8 Å². The number of nitrogens with zero attached hydrogens (tertiary/aromatic N) is 1. The highest BCUT2D eigenvalue weighted by molar-refractivity contribution is 6.55. The van der Waals surface area contributed by atoms with Crippen molar-refractivity contribution in [2.24, 2.45) is 5.92 Å². The van der Waals surface area contributed by atoms with Crippen molar-refractivity contribution in [1.29, 1.82) is 0 Å². The molecule has 0 saturated heterocycles. The van der Waals surface area contributed by atoms with Gasteiger partial charge in [-0.2, -0.15) is 0 Å². The van der Waals surface area contributed by atoms with Gasteiger partial charge >= 0.3 is 5.97 Å². The Kier molecular flexibility index (Phi) is 7.15. The summed E-state index contributed by atoms with van der Waals surface area (Å²) < 4.78 is 18.1. The molecule has 0 aliphatic carbocycles. The average Bonchev–Trinajstić information content (AvgIpc) is 3.00. The summed E-state index contributed by atoms with van der Waals surface area (Å²) in [6.45, 7) is 2.50. The Labute approximate surface area is 202 Å². The molecule has 0 spiro atoms. The van der Waals surface area contributed by atoms with Crippen LogP contribution in [0.1, 0.15) is 44.9 Å². The van der Waals surface area contributed by atoms with Crippen LogP contribution in [0.5, 0.6) is 0 Å². The molecule has 1 aliphatic rings. The Hall–Kier alpha value is -2.19. The Balaban J connectivity index is 1.87. The molecule has 6 nitrogen and oxygen atoms in total. The number of amides is 2. The summed E-state index contributed by atoms with van der Waals surface area (Å²) in [7, 11) is 0. The summed E-state index contributed by atoms with van der Waals surface area (Å²) in [4.78, 5) is 51.8. The van der Waals surface area contributed by atoms with E-state index in [4.69, 9.17) is 51.1 Å². The molecule has 2 amide bonds. The van der Waals surface area contributed by atoms with Gasteiger partial charge in [-0.05, 0) is 30.2 Å². The number of ketones is 1. The van der Waals surface area contributed by atoms with E-state index in [2.05, 4.69) is 0 Å². The predicted octanol–water partition coefficient (Wildman–Crippen LogP) is 5.49. The topological polar surface area (TPSA) is 80.8 Å². The van der Waals surface area contributed by atoms with Gasteiger partial charge in [-0.3, -0.25) is 19.3 Å².